The first kappa shape index (κ1) is 20.8. The highest BCUT2D eigenvalue weighted by atomic mass is 35.5. The van der Waals surface area contributed by atoms with E-state index < -0.39 is 23.7 Å². The molecule has 6 nitrogen and oxygen atoms in total. The fourth-order valence-electron chi connectivity index (χ4n) is 2.35. The first-order valence-electron chi connectivity index (χ1n) is 7.73. The van der Waals surface area contributed by atoms with Crippen molar-refractivity contribution in [2.45, 2.75) is 46.3 Å². The van der Waals surface area contributed by atoms with Gasteiger partial charge >= 0.3 is 12.1 Å². The van der Waals surface area contributed by atoms with Crippen molar-refractivity contribution in [3.05, 3.63) is 34.4 Å². The Morgan fingerprint density at radius 1 is 1.28 bits per heavy atom. The molecule has 0 aliphatic rings. The lowest BCUT2D eigenvalue weighted by molar-refractivity contribution is -0.132. The zero-order chi connectivity index (χ0) is 19.4. The molecular weight excluding hydrogens is 346 g/mol. The molecule has 1 aromatic carbocycles. The Kier molecular flexibility index (Phi) is 6.87. The molecule has 0 fully saturated rings. The molecule has 0 saturated heterocycles. The summed E-state index contributed by atoms with van der Waals surface area (Å²) in [4.78, 5) is 23.7. The maximum absolute atomic E-state index is 11.9. The number of halogens is 1. The van der Waals surface area contributed by atoms with Gasteiger partial charge in [-0.2, -0.15) is 0 Å². The normalized spacial score (nSPS) is 13.6. The number of carbonyl (C=O) groups excluding carboxylic acids is 1. The number of nitrogens with one attached hydrogen (secondary N) is 1. The highest BCUT2D eigenvalue weighted by Crippen LogP contribution is 2.31. The summed E-state index contributed by atoms with van der Waals surface area (Å²) < 4.78 is 10.5. The van der Waals surface area contributed by atoms with E-state index in [0.29, 0.717) is 21.9 Å². The van der Waals surface area contributed by atoms with Crippen LogP contribution in [0.25, 0.3) is 5.57 Å². The molecule has 0 bridgehead atoms. The maximum atomic E-state index is 11.9. The van der Waals surface area contributed by atoms with E-state index in [4.69, 9.17) is 21.1 Å². The Labute approximate surface area is 152 Å². The molecule has 1 aromatic rings. The van der Waals surface area contributed by atoms with E-state index in [-0.39, 0.29) is 5.57 Å². The summed E-state index contributed by atoms with van der Waals surface area (Å²) >= 11 is 6.02. The van der Waals surface area contributed by atoms with Gasteiger partial charge in [0.05, 0.1) is 18.7 Å². The van der Waals surface area contributed by atoms with Crippen LogP contribution < -0.4 is 10.1 Å². The molecule has 0 heterocycles. The number of amides is 1. The van der Waals surface area contributed by atoms with Crippen molar-refractivity contribution in [3.63, 3.8) is 0 Å². The Morgan fingerprint density at radius 3 is 2.36 bits per heavy atom. The quantitative estimate of drug-likeness (QED) is 0.762. The number of aliphatic carboxylic acids is 1. The predicted octanol–water partition coefficient (Wildman–Crippen LogP) is 4.12. The van der Waals surface area contributed by atoms with Crippen LogP contribution in [0.15, 0.2) is 23.8 Å². The predicted molar refractivity (Wildman–Crippen MR) is 97.1 cm³/mol. The van der Waals surface area contributed by atoms with Crippen LogP contribution in [0.1, 0.15) is 40.2 Å². The first-order chi connectivity index (χ1) is 11.5. The second-order valence-electron chi connectivity index (χ2n) is 6.56. The van der Waals surface area contributed by atoms with Crippen molar-refractivity contribution in [2.75, 3.05) is 7.11 Å². The van der Waals surface area contributed by atoms with Crippen molar-refractivity contribution in [1.82, 2.24) is 5.32 Å². The molecule has 0 saturated carbocycles. The van der Waals surface area contributed by atoms with E-state index in [1.807, 2.05) is 0 Å². The number of allylic oxidation sites excluding steroid dienone is 1. The van der Waals surface area contributed by atoms with Gasteiger partial charge in [-0.3, -0.25) is 0 Å². The molecule has 7 heteroatoms. The van der Waals surface area contributed by atoms with Gasteiger partial charge in [0.1, 0.15) is 11.4 Å². The lowest BCUT2D eigenvalue weighted by Crippen LogP contribution is -2.40. The van der Waals surface area contributed by atoms with E-state index in [0.717, 1.165) is 0 Å². The van der Waals surface area contributed by atoms with Crippen LogP contribution in [-0.2, 0) is 9.53 Å². The molecule has 0 spiro atoms. The summed E-state index contributed by atoms with van der Waals surface area (Å²) in [7, 11) is 1.49. The molecule has 0 aromatic heterocycles. The second-order valence-corrected chi connectivity index (χ2v) is 6.99. The van der Waals surface area contributed by atoms with Crippen molar-refractivity contribution in [3.8, 4) is 5.75 Å². The van der Waals surface area contributed by atoms with Crippen molar-refractivity contribution < 1.29 is 24.2 Å². The average Bonchev–Trinajstić information content (AvgIpc) is 2.44. The minimum absolute atomic E-state index is 0.0198. The molecule has 25 heavy (non-hydrogen) atoms. The van der Waals surface area contributed by atoms with Crippen LogP contribution in [0.5, 0.6) is 5.75 Å². The number of benzene rings is 1. The number of rotatable bonds is 5. The number of hydrogen-bond donors (Lipinski definition) is 2. The minimum atomic E-state index is -1.15. The van der Waals surface area contributed by atoms with Crippen LogP contribution in [0, 0.1) is 0 Å². The number of hydrogen-bond acceptors (Lipinski definition) is 4. The topological polar surface area (TPSA) is 84.9 Å². The van der Waals surface area contributed by atoms with E-state index in [1.54, 1.807) is 52.8 Å². The Bertz CT molecular complexity index is 691. The Balaban J connectivity index is 3.25. The number of ether oxygens (including phenoxy) is 2. The third-order valence-electron chi connectivity index (χ3n) is 3.37. The SMILES string of the molecule is COc1ccc(Cl)cc1C(C)=C(C(=O)O)C(C)NC(=O)OC(C)(C)C. The Hall–Kier alpha value is -2.21. The van der Waals surface area contributed by atoms with E-state index in [1.165, 1.54) is 7.11 Å². The van der Waals surface area contributed by atoms with Gasteiger partial charge in [-0.15, -0.1) is 0 Å². The lowest BCUT2D eigenvalue weighted by Gasteiger charge is -2.23. The van der Waals surface area contributed by atoms with Crippen LogP contribution in [0.2, 0.25) is 5.02 Å². The maximum Gasteiger partial charge on any atom is 0.408 e. The Morgan fingerprint density at radius 2 is 1.88 bits per heavy atom. The fraction of sp³-hybridized carbons (Fsp3) is 0.444. The third-order valence-corrected chi connectivity index (χ3v) is 3.60. The second kappa shape index (κ2) is 8.25. The monoisotopic (exact) mass is 369 g/mol. The molecule has 1 amide bonds. The van der Waals surface area contributed by atoms with Crippen LogP contribution >= 0.6 is 11.6 Å². The van der Waals surface area contributed by atoms with Gasteiger partial charge in [0.15, 0.2) is 0 Å². The zero-order valence-corrected chi connectivity index (χ0v) is 16.0. The highest BCUT2D eigenvalue weighted by molar-refractivity contribution is 6.30. The standard InChI is InChI=1S/C18H24ClNO5/c1-10(13-9-12(19)7-8-14(13)24-6)15(16(21)22)11(2)20-17(23)25-18(3,4)5/h7-9,11H,1-6H3,(H,20,23)(H,21,22). The summed E-state index contributed by atoms with van der Waals surface area (Å²) in [5.74, 6) is -0.659. The molecule has 1 unspecified atom stereocenters. The first-order valence-corrected chi connectivity index (χ1v) is 8.11. The van der Waals surface area contributed by atoms with Gasteiger partial charge in [0, 0.05) is 10.6 Å². The number of carboxylic acid groups (broad SMARTS) is 1. The van der Waals surface area contributed by atoms with E-state index in [9.17, 15) is 14.7 Å². The van der Waals surface area contributed by atoms with Gasteiger partial charge in [-0.25, -0.2) is 9.59 Å². The number of alkyl carbamates (subject to hydrolysis) is 1. The number of carbonyl (C=O) groups is 2. The highest BCUT2D eigenvalue weighted by Gasteiger charge is 2.25. The van der Waals surface area contributed by atoms with Gasteiger partial charge in [0.2, 0.25) is 0 Å². The van der Waals surface area contributed by atoms with Gasteiger partial charge in [-0.05, 0) is 58.4 Å². The van der Waals surface area contributed by atoms with E-state index in [2.05, 4.69) is 5.32 Å². The lowest BCUT2D eigenvalue weighted by atomic mass is 9.96. The molecule has 2 N–H and O–H groups in total. The molecule has 0 radical (unpaired) electrons. The van der Waals surface area contributed by atoms with Crippen LogP contribution in [0.3, 0.4) is 0 Å². The van der Waals surface area contributed by atoms with Gasteiger partial charge < -0.3 is 19.9 Å². The van der Waals surface area contributed by atoms with Gasteiger partial charge in [0.25, 0.3) is 0 Å². The summed E-state index contributed by atoms with van der Waals surface area (Å²) in [6.45, 7) is 8.41. The molecular formula is C18H24ClNO5. The smallest absolute Gasteiger partial charge is 0.408 e. The zero-order valence-electron chi connectivity index (χ0n) is 15.3. The average molecular weight is 370 g/mol. The van der Waals surface area contributed by atoms with Crippen molar-refractivity contribution >= 4 is 29.2 Å². The largest absolute Gasteiger partial charge is 0.496 e. The summed E-state index contributed by atoms with van der Waals surface area (Å²) in [5, 5.41) is 12.6. The molecule has 138 valence electrons. The number of carboxylic acids is 1. The third kappa shape index (κ3) is 5.98. The van der Waals surface area contributed by atoms with Gasteiger partial charge in [-0.1, -0.05) is 11.6 Å². The molecule has 1 atom stereocenters. The number of methoxy groups -OCH3 is 1. The summed E-state index contributed by atoms with van der Waals surface area (Å²) in [6, 6.07) is 4.15. The molecule has 0 aliphatic heterocycles. The molecule has 0 aliphatic carbocycles. The van der Waals surface area contributed by atoms with Crippen molar-refractivity contribution in [1.29, 1.82) is 0 Å². The van der Waals surface area contributed by atoms with Crippen LogP contribution in [0.4, 0.5) is 4.79 Å². The van der Waals surface area contributed by atoms with Crippen molar-refractivity contribution in [2.24, 2.45) is 0 Å². The van der Waals surface area contributed by atoms with E-state index >= 15 is 0 Å². The minimum Gasteiger partial charge on any atom is -0.496 e. The summed E-state index contributed by atoms with van der Waals surface area (Å²) in [6.07, 6.45) is -0.690. The fourth-order valence-corrected chi connectivity index (χ4v) is 2.52. The summed E-state index contributed by atoms with van der Waals surface area (Å²) in [5.41, 5.74) is 0.328. The molecule has 1 rings (SSSR count). The van der Waals surface area contributed by atoms with Crippen LogP contribution in [-0.4, -0.2) is 35.9 Å².